The molecule has 0 heterocycles. The molecule has 1 fully saturated rings. The molecule has 1 saturated carbocycles. The molecule has 0 bridgehead atoms. The Balaban J connectivity index is 1.87. The number of rotatable bonds is 8. The fourth-order valence-corrected chi connectivity index (χ4v) is 3.81. The summed E-state index contributed by atoms with van der Waals surface area (Å²) in [5.41, 5.74) is 1.43. The number of aromatic hydroxyl groups is 1. The van der Waals surface area contributed by atoms with Gasteiger partial charge in [0.05, 0.1) is 0 Å². The molecule has 3 N–H and O–H groups in total. The van der Waals surface area contributed by atoms with Crippen molar-refractivity contribution in [1.29, 1.82) is 0 Å². The lowest BCUT2D eigenvalue weighted by atomic mass is 10.00. The number of hydrogen-bond donors (Lipinski definition) is 3. The van der Waals surface area contributed by atoms with Gasteiger partial charge >= 0.3 is 6.09 Å². The topological polar surface area (TPSA) is 108 Å². The van der Waals surface area contributed by atoms with Gasteiger partial charge in [-0.15, -0.1) is 0 Å². The van der Waals surface area contributed by atoms with Crippen molar-refractivity contribution in [2.75, 3.05) is 0 Å². The molecule has 8 nitrogen and oxygen atoms in total. The molecule has 0 saturated heterocycles. The van der Waals surface area contributed by atoms with Crippen molar-refractivity contribution in [2.24, 2.45) is 0 Å². The average molecular weight is 482 g/mol. The average Bonchev–Trinajstić information content (AvgIpc) is 3.61. The van der Waals surface area contributed by atoms with Crippen LogP contribution in [0.2, 0.25) is 0 Å². The SMILES string of the molecule is Cc1cc(C(C(=O)NCc2ccccc2)N(C(=O)C(C)NC(=O)OC(C)(C)C)C2CC2)ccc1O. The Morgan fingerprint density at radius 1 is 1.11 bits per heavy atom. The summed E-state index contributed by atoms with van der Waals surface area (Å²) in [6.07, 6.45) is 0.842. The molecule has 2 aromatic carbocycles. The van der Waals surface area contributed by atoms with Crippen molar-refractivity contribution in [1.82, 2.24) is 15.5 Å². The Kier molecular flexibility index (Phi) is 8.04. The van der Waals surface area contributed by atoms with Gasteiger partial charge in [-0.2, -0.15) is 0 Å². The molecule has 3 amide bonds. The third-order valence-electron chi connectivity index (χ3n) is 5.67. The summed E-state index contributed by atoms with van der Waals surface area (Å²) in [6, 6.07) is 12.5. The van der Waals surface area contributed by atoms with E-state index in [1.807, 2.05) is 30.3 Å². The quantitative estimate of drug-likeness (QED) is 0.529. The highest BCUT2D eigenvalue weighted by Crippen LogP contribution is 2.36. The van der Waals surface area contributed by atoms with Crippen LogP contribution in [-0.4, -0.2) is 45.6 Å². The molecule has 2 atom stereocenters. The molecule has 0 aliphatic heterocycles. The number of carbonyl (C=O) groups excluding carboxylic acids is 3. The Bertz CT molecular complexity index is 1060. The number of hydrogen-bond acceptors (Lipinski definition) is 5. The maximum Gasteiger partial charge on any atom is 0.408 e. The lowest BCUT2D eigenvalue weighted by Gasteiger charge is -2.34. The van der Waals surface area contributed by atoms with Crippen LogP contribution in [0.3, 0.4) is 0 Å². The zero-order chi connectivity index (χ0) is 25.8. The fraction of sp³-hybridized carbons (Fsp3) is 0.444. The van der Waals surface area contributed by atoms with Crippen molar-refractivity contribution >= 4 is 17.9 Å². The van der Waals surface area contributed by atoms with Crippen molar-refractivity contribution in [3.63, 3.8) is 0 Å². The van der Waals surface area contributed by atoms with Crippen LogP contribution in [0.5, 0.6) is 5.75 Å². The summed E-state index contributed by atoms with van der Waals surface area (Å²) >= 11 is 0. The molecule has 0 aromatic heterocycles. The van der Waals surface area contributed by atoms with Gasteiger partial charge in [0, 0.05) is 12.6 Å². The van der Waals surface area contributed by atoms with E-state index in [-0.39, 0.29) is 23.6 Å². The molecule has 0 radical (unpaired) electrons. The zero-order valence-corrected chi connectivity index (χ0v) is 21.0. The van der Waals surface area contributed by atoms with Crippen molar-refractivity contribution in [2.45, 2.75) is 77.7 Å². The maximum atomic E-state index is 13.6. The molecule has 188 valence electrons. The van der Waals surface area contributed by atoms with Crippen LogP contribution in [-0.2, 0) is 20.9 Å². The molecular formula is C27H35N3O5. The summed E-state index contributed by atoms with van der Waals surface area (Å²) in [6.45, 7) is 8.88. The van der Waals surface area contributed by atoms with Gasteiger partial charge in [-0.1, -0.05) is 36.4 Å². The maximum absolute atomic E-state index is 13.6. The summed E-state index contributed by atoms with van der Waals surface area (Å²) in [5, 5.41) is 15.6. The van der Waals surface area contributed by atoms with Gasteiger partial charge in [-0.3, -0.25) is 9.59 Å². The van der Waals surface area contributed by atoms with Crippen LogP contribution in [0, 0.1) is 6.92 Å². The van der Waals surface area contributed by atoms with E-state index in [0.717, 1.165) is 18.4 Å². The largest absolute Gasteiger partial charge is 0.508 e. The zero-order valence-electron chi connectivity index (χ0n) is 21.0. The number of phenols is 1. The fourth-order valence-electron chi connectivity index (χ4n) is 3.81. The summed E-state index contributed by atoms with van der Waals surface area (Å²) in [7, 11) is 0. The van der Waals surface area contributed by atoms with E-state index in [2.05, 4.69) is 10.6 Å². The number of aryl methyl sites for hydroxylation is 1. The van der Waals surface area contributed by atoms with Crippen molar-refractivity contribution < 1.29 is 24.2 Å². The normalized spacial score (nSPS) is 15.0. The molecule has 1 aliphatic rings. The second kappa shape index (κ2) is 10.8. The Hall–Kier alpha value is -3.55. The van der Waals surface area contributed by atoms with Crippen LogP contribution >= 0.6 is 0 Å². The molecular weight excluding hydrogens is 446 g/mol. The summed E-state index contributed by atoms with van der Waals surface area (Å²) in [4.78, 5) is 41.0. The Morgan fingerprint density at radius 2 is 1.77 bits per heavy atom. The minimum atomic E-state index is -0.916. The second-order valence-corrected chi connectivity index (χ2v) is 10.00. The minimum absolute atomic E-state index is 0.112. The van der Waals surface area contributed by atoms with Crippen LogP contribution in [0.15, 0.2) is 48.5 Å². The Labute approximate surface area is 206 Å². The number of phenolic OH excluding ortho intramolecular Hbond substituents is 1. The predicted octanol–water partition coefficient (Wildman–Crippen LogP) is 3.96. The van der Waals surface area contributed by atoms with Crippen LogP contribution < -0.4 is 10.6 Å². The van der Waals surface area contributed by atoms with E-state index in [1.165, 1.54) is 6.07 Å². The molecule has 35 heavy (non-hydrogen) atoms. The van der Waals surface area contributed by atoms with Crippen molar-refractivity contribution in [3.05, 3.63) is 65.2 Å². The molecule has 2 unspecified atom stereocenters. The highest BCUT2D eigenvalue weighted by atomic mass is 16.6. The first-order valence-corrected chi connectivity index (χ1v) is 11.9. The minimum Gasteiger partial charge on any atom is -0.508 e. The number of ether oxygens (including phenoxy) is 1. The number of nitrogens with zero attached hydrogens (tertiary/aromatic N) is 1. The third kappa shape index (κ3) is 7.21. The molecule has 1 aliphatic carbocycles. The molecule has 3 rings (SSSR count). The van der Waals surface area contributed by atoms with E-state index in [0.29, 0.717) is 17.7 Å². The van der Waals surface area contributed by atoms with Crippen LogP contribution in [0.4, 0.5) is 4.79 Å². The summed E-state index contributed by atoms with van der Waals surface area (Å²) < 4.78 is 5.30. The number of benzene rings is 2. The van der Waals surface area contributed by atoms with Crippen LogP contribution in [0.25, 0.3) is 0 Å². The number of amides is 3. The van der Waals surface area contributed by atoms with Gasteiger partial charge in [0.1, 0.15) is 23.4 Å². The van der Waals surface area contributed by atoms with Gasteiger partial charge < -0.3 is 25.4 Å². The molecule has 8 heteroatoms. The first-order valence-electron chi connectivity index (χ1n) is 11.9. The summed E-state index contributed by atoms with van der Waals surface area (Å²) in [5.74, 6) is -0.589. The molecule has 2 aromatic rings. The van der Waals surface area contributed by atoms with E-state index >= 15 is 0 Å². The Morgan fingerprint density at radius 3 is 2.34 bits per heavy atom. The van der Waals surface area contributed by atoms with Gasteiger partial charge in [0.2, 0.25) is 11.8 Å². The highest BCUT2D eigenvalue weighted by molar-refractivity contribution is 5.92. The van der Waals surface area contributed by atoms with E-state index in [1.54, 1.807) is 51.7 Å². The van der Waals surface area contributed by atoms with Gasteiger partial charge in [-0.05, 0) is 76.3 Å². The predicted molar refractivity (Wildman–Crippen MR) is 133 cm³/mol. The monoisotopic (exact) mass is 481 g/mol. The first-order chi connectivity index (χ1) is 16.5. The van der Waals surface area contributed by atoms with E-state index in [4.69, 9.17) is 4.74 Å². The second-order valence-electron chi connectivity index (χ2n) is 10.00. The molecule has 0 spiro atoms. The number of alkyl carbamates (subject to hydrolysis) is 1. The van der Waals surface area contributed by atoms with Gasteiger partial charge in [0.15, 0.2) is 0 Å². The van der Waals surface area contributed by atoms with Gasteiger partial charge in [0.25, 0.3) is 0 Å². The smallest absolute Gasteiger partial charge is 0.408 e. The third-order valence-corrected chi connectivity index (χ3v) is 5.67. The van der Waals surface area contributed by atoms with Crippen LogP contribution in [0.1, 0.15) is 63.3 Å². The van der Waals surface area contributed by atoms with Crippen molar-refractivity contribution in [3.8, 4) is 5.75 Å². The lowest BCUT2D eigenvalue weighted by molar-refractivity contribution is -0.143. The highest BCUT2D eigenvalue weighted by Gasteiger charge is 2.43. The van der Waals surface area contributed by atoms with E-state index in [9.17, 15) is 19.5 Å². The van der Waals surface area contributed by atoms with E-state index < -0.39 is 23.8 Å². The first kappa shape index (κ1) is 26.1. The standard InChI is InChI=1S/C27H35N3O5/c1-17-15-20(11-14-22(17)31)23(24(32)28-16-19-9-7-6-8-10-19)30(21-12-13-21)25(33)18(2)29-26(34)35-27(3,4)5/h6-11,14-15,18,21,23,31H,12-13,16H2,1-5H3,(H,28,32)(H,29,34). The van der Waals surface area contributed by atoms with Gasteiger partial charge in [-0.25, -0.2) is 4.79 Å². The number of nitrogens with one attached hydrogen (secondary N) is 2. The lowest BCUT2D eigenvalue weighted by Crippen LogP contribution is -2.52. The number of carbonyl (C=O) groups is 3.